The van der Waals surface area contributed by atoms with Gasteiger partial charge in [-0.15, -0.1) is 0 Å². The molecule has 328 valence electrons. The number of hydrogen-bond donors (Lipinski definition) is 0. The van der Waals surface area contributed by atoms with Crippen LogP contribution in [0.4, 0.5) is 41.3 Å². The third-order valence-electron chi connectivity index (χ3n) is 11.7. The first kappa shape index (κ1) is 43.8. The Balaban J connectivity index is 1.37. The molecule has 3 fully saturated rings. The molecule has 1 unspecified atom stereocenters. The molecule has 60 heavy (non-hydrogen) atoms. The van der Waals surface area contributed by atoms with Crippen molar-refractivity contribution < 1.29 is 54.5 Å². The van der Waals surface area contributed by atoms with Gasteiger partial charge in [0.1, 0.15) is 36.1 Å². The maximum absolute atomic E-state index is 17.4. The first-order valence-electron chi connectivity index (χ1n) is 19.9. The van der Waals surface area contributed by atoms with E-state index in [4.69, 9.17) is 18.9 Å². The first-order valence-corrected chi connectivity index (χ1v) is 23.6. The van der Waals surface area contributed by atoms with E-state index in [9.17, 15) is 13.6 Å². The largest absolute Gasteiger partial charge is 0.462 e. The Bertz CT molecular complexity index is 2330. The van der Waals surface area contributed by atoms with Gasteiger partial charge in [0.15, 0.2) is 5.82 Å². The van der Waals surface area contributed by atoms with Crippen molar-refractivity contribution in [2.75, 3.05) is 44.9 Å². The lowest BCUT2D eigenvalue weighted by Gasteiger charge is -2.47. The lowest BCUT2D eigenvalue weighted by atomic mass is 9.90. The number of halogens is 7. The van der Waals surface area contributed by atoms with Crippen LogP contribution in [-0.2, 0) is 27.1 Å². The molecule has 1 saturated carbocycles. The molecule has 2 aromatic carbocycles. The molecule has 3 aliphatic rings. The molecule has 2 aromatic heterocycles. The van der Waals surface area contributed by atoms with Gasteiger partial charge >= 0.3 is 18.3 Å². The van der Waals surface area contributed by atoms with Gasteiger partial charge in [0.05, 0.1) is 46.4 Å². The van der Waals surface area contributed by atoms with E-state index in [1.54, 1.807) is 30.6 Å². The number of carbonyl (C=O) groups is 1. The fraction of sp³-hybridized carbons (Fsp3) is 0.610. The minimum Gasteiger partial charge on any atom is -0.462 e. The number of alkyl halides is 5. The second-order valence-corrected chi connectivity index (χ2v) is 24.6. The van der Waals surface area contributed by atoms with E-state index in [2.05, 4.69) is 34.7 Å². The van der Waals surface area contributed by atoms with Crippen molar-refractivity contribution in [3.05, 3.63) is 41.1 Å². The van der Waals surface area contributed by atoms with Crippen molar-refractivity contribution in [3.63, 3.8) is 0 Å². The van der Waals surface area contributed by atoms with Gasteiger partial charge in [0.2, 0.25) is 0 Å². The molecular formula is C41H51F7N6O5Si. The quantitative estimate of drug-likeness (QED) is 0.0783. The number of amides is 1. The SMILES string of the molecule is COC[C@]1(COc2nc(N3CC4CC[C@@](C)(C3)N4C(=O)OC(C)(C)C)c3cc(F)c(-c4c(C(F)(F)F)c(C)cc5c4cnn5COCC[Si](C)(C)C)c(F)c3n2)CC1(F)F. The van der Waals surface area contributed by atoms with Crippen LogP contribution in [0.1, 0.15) is 58.1 Å². The second-order valence-electron chi connectivity index (χ2n) is 18.9. The fourth-order valence-corrected chi connectivity index (χ4v) is 9.34. The highest BCUT2D eigenvalue weighted by Crippen LogP contribution is 2.60. The monoisotopic (exact) mass is 868 g/mol. The Morgan fingerprint density at radius 1 is 1.03 bits per heavy atom. The molecule has 3 atom stereocenters. The average Bonchev–Trinajstić information content (AvgIpc) is 3.32. The summed E-state index contributed by atoms with van der Waals surface area (Å²) in [5.74, 6) is -5.95. The zero-order valence-electron chi connectivity index (χ0n) is 35.3. The van der Waals surface area contributed by atoms with E-state index < -0.39 is 102 Å². The lowest BCUT2D eigenvalue weighted by Crippen LogP contribution is -2.63. The van der Waals surface area contributed by atoms with Crippen molar-refractivity contribution in [1.29, 1.82) is 0 Å². The van der Waals surface area contributed by atoms with Crippen molar-refractivity contribution in [1.82, 2.24) is 24.6 Å². The van der Waals surface area contributed by atoms with E-state index >= 15 is 22.0 Å². The minimum atomic E-state index is -5.06. The Kier molecular flexibility index (Phi) is 11.0. The number of ether oxygens (including phenoxy) is 4. The van der Waals surface area contributed by atoms with E-state index in [-0.39, 0.29) is 54.1 Å². The van der Waals surface area contributed by atoms with Gasteiger partial charge in [-0.2, -0.15) is 28.2 Å². The van der Waals surface area contributed by atoms with Crippen LogP contribution in [0.5, 0.6) is 6.01 Å². The summed E-state index contributed by atoms with van der Waals surface area (Å²) in [6.07, 6.45) is -3.88. The summed E-state index contributed by atoms with van der Waals surface area (Å²) in [7, 11) is -0.204. The van der Waals surface area contributed by atoms with Crippen LogP contribution < -0.4 is 9.64 Å². The molecule has 1 aliphatic carbocycles. The number of rotatable bonds is 12. The van der Waals surface area contributed by atoms with Crippen LogP contribution in [0.15, 0.2) is 18.3 Å². The zero-order chi connectivity index (χ0) is 44.0. The first-order chi connectivity index (χ1) is 27.8. The number of fused-ring (bicyclic) bond motifs is 4. The van der Waals surface area contributed by atoms with Crippen LogP contribution >= 0.6 is 0 Å². The molecule has 4 aromatic rings. The number of hydrogen-bond acceptors (Lipinski definition) is 9. The van der Waals surface area contributed by atoms with Crippen LogP contribution in [0.3, 0.4) is 0 Å². The normalized spacial score (nSPS) is 22.9. The van der Waals surface area contributed by atoms with E-state index in [0.29, 0.717) is 19.4 Å². The van der Waals surface area contributed by atoms with Crippen molar-refractivity contribution >= 4 is 41.8 Å². The zero-order valence-corrected chi connectivity index (χ0v) is 36.3. The van der Waals surface area contributed by atoms with Gasteiger partial charge in [0, 0.05) is 57.6 Å². The summed E-state index contributed by atoms with van der Waals surface area (Å²) in [5, 5.41) is 3.90. The van der Waals surface area contributed by atoms with Crippen LogP contribution in [0, 0.1) is 24.0 Å². The highest BCUT2D eigenvalue weighted by atomic mass is 28.3. The van der Waals surface area contributed by atoms with Gasteiger partial charge in [-0.1, -0.05) is 19.6 Å². The molecular weight excluding hydrogens is 818 g/mol. The average molecular weight is 869 g/mol. The Hall–Kier alpha value is -4.23. The highest BCUT2D eigenvalue weighted by Gasteiger charge is 2.72. The number of benzene rings is 2. The number of piperazine rings is 1. The smallest absolute Gasteiger partial charge is 0.417 e. The number of aryl methyl sites for hydroxylation is 1. The van der Waals surface area contributed by atoms with E-state index in [1.807, 2.05) is 6.92 Å². The van der Waals surface area contributed by atoms with Gasteiger partial charge in [-0.25, -0.2) is 27.0 Å². The Morgan fingerprint density at radius 3 is 2.33 bits per heavy atom. The van der Waals surface area contributed by atoms with E-state index in [1.165, 1.54) is 24.8 Å². The number of aromatic nitrogens is 4. The van der Waals surface area contributed by atoms with Gasteiger partial charge < -0.3 is 23.8 Å². The van der Waals surface area contributed by atoms with Gasteiger partial charge in [-0.05, 0) is 71.2 Å². The molecule has 11 nitrogen and oxygen atoms in total. The van der Waals surface area contributed by atoms with Gasteiger partial charge in [-0.3, -0.25) is 4.90 Å². The summed E-state index contributed by atoms with van der Waals surface area (Å²) in [6, 6.07) is 2.01. The third-order valence-corrected chi connectivity index (χ3v) is 13.4. The molecule has 2 bridgehead atoms. The summed E-state index contributed by atoms with van der Waals surface area (Å²) < 4.78 is 132. The van der Waals surface area contributed by atoms with Gasteiger partial charge in [0.25, 0.3) is 5.92 Å². The van der Waals surface area contributed by atoms with Crippen LogP contribution in [0.2, 0.25) is 25.7 Å². The standard InChI is InChI=1S/C41H51F7N6O5Si/c1-23-14-28-26(16-49-53(28)22-57-12-13-60(7,8)9)29(31(23)41(46,47)48)30-27(42)15-25-33(32(30)43)50-35(58-21-39(20-56-6)18-40(39,44)45)51-34(25)52-17-24-10-11-38(5,19-52)54(24)36(55)59-37(2,3)4/h14-16,24H,10-13,17-22H2,1-9H3/t24?,38-,39-/m0/s1. The highest BCUT2D eigenvalue weighted by molar-refractivity contribution is 6.76. The molecule has 2 aliphatic heterocycles. The molecule has 7 rings (SSSR count). The molecule has 0 N–H and O–H groups in total. The maximum atomic E-state index is 17.4. The summed E-state index contributed by atoms with van der Waals surface area (Å²) in [4.78, 5) is 25.6. The Morgan fingerprint density at radius 2 is 1.73 bits per heavy atom. The second kappa shape index (κ2) is 15.0. The van der Waals surface area contributed by atoms with Crippen LogP contribution in [0.25, 0.3) is 32.9 Å². The Labute approximate surface area is 344 Å². The number of methoxy groups -OCH3 is 1. The molecule has 1 amide bonds. The summed E-state index contributed by atoms with van der Waals surface area (Å²) >= 11 is 0. The maximum Gasteiger partial charge on any atom is 0.417 e. The third kappa shape index (κ3) is 8.12. The predicted molar refractivity (Wildman–Crippen MR) is 213 cm³/mol. The molecule has 2 saturated heterocycles. The van der Waals surface area contributed by atoms with E-state index in [0.717, 1.165) is 18.3 Å². The van der Waals surface area contributed by atoms with Crippen LogP contribution in [-0.4, -0.2) is 102 Å². The summed E-state index contributed by atoms with van der Waals surface area (Å²) in [6.45, 7) is 14.4. The van der Waals surface area contributed by atoms with Crippen molar-refractivity contribution in [2.24, 2.45) is 5.41 Å². The molecule has 0 radical (unpaired) electrons. The molecule has 4 heterocycles. The topological polar surface area (TPSA) is 104 Å². The predicted octanol–water partition coefficient (Wildman–Crippen LogP) is 9.59. The van der Waals surface area contributed by atoms with Crippen molar-refractivity contribution in [2.45, 2.75) is 116 Å². The number of anilines is 1. The number of nitrogens with zero attached hydrogens (tertiary/aromatic N) is 6. The minimum absolute atomic E-state index is 0.0432. The molecule has 0 spiro atoms. The summed E-state index contributed by atoms with van der Waals surface area (Å²) in [5.41, 5.74) is -7.11. The fourth-order valence-electron chi connectivity index (χ4n) is 8.58. The molecule has 19 heteroatoms. The lowest BCUT2D eigenvalue weighted by molar-refractivity contribution is -0.137. The van der Waals surface area contributed by atoms with Crippen molar-refractivity contribution in [3.8, 4) is 17.1 Å². The number of carbonyl (C=O) groups excluding carboxylic acids is 1.